The first-order chi connectivity index (χ1) is 12.1. The number of carbonyl (C=O) groups excluding carboxylic acids is 1. The zero-order valence-corrected chi connectivity index (χ0v) is 15.3. The molecule has 0 aliphatic carbocycles. The van der Waals surface area contributed by atoms with Gasteiger partial charge in [0.05, 0.1) is 17.3 Å². The summed E-state index contributed by atoms with van der Waals surface area (Å²) in [6.45, 7) is 4.82. The summed E-state index contributed by atoms with van der Waals surface area (Å²) >= 11 is 12.0. The summed E-state index contributed by atoms with van der Waals surface area (Å²) in [5, 5.41) is 3.86. The summed E-state index contributed by atoms with van der Waals surface area (Å²) < 4.78 is 0. The van der Waals surface area contributed by atoms with Crippen molar-refractivity contribution < 1.29 is 4.79 Å². The molecule has 0 atom stereocenters. The molecule has 1 aromatic carbocycles. The van der Waals surface area contributed by atoms with Crippen molar-refractivity contribution in [2.24, 2.45) is 0 Å². The first-order valence-electron chi connectivity index (χ1n) is 8.19. The lowest BCUT2D eigenvalue weighted by molar-refractivity contribution is -0.117. The fraction of sp³-hybridized carbons (Fsp3) is 0.333. The normalized spacial score (nSPS) is 15.9. The molecule has 5 nitrogen and oxygen atoms in total. The lowest BCUT2D eigenvalue weighted by Crippen LogP contribution is -2.48. The van der Waals surface area contributed by atoms with E-state index in [0.717, 1.165) is 32.7 Å². The van der Waals surface area contributed by atoms with Crippen molar-refractivity contribution in [3.8, 4) is 0 Å². The van der Waals surface area contributed by atoms with Crippen LogP contribution in [0.3, 0.4) is 0 Å². The molecule has 0 bridgehead atoms. The molecule has 3 rings (SSSR count). The summed E-state index contributed by atoms with van der Waals surface area (Å²) in [6, 6.07) is 9.07. The number of rotatable bonds is 5. The second-order valence-electron chi connectivity index (χ2n) is 6.09. The maximum Gasteiger partial charge on any atom is 0.238 e. The standard InChI is InChI=1S/C18H20Cl2N4O/c19-15-3-4-16(20)17(10-15)22-18(25)13-24-8-6-23(7-9-24)12-14-2-1-5-21-11-14/h1-5,10-11H,6-9,12-13H2,(H,22,25). The van der Waals surface area contributed by atoms with Gasteiger partial charge in [0.25, 0.3) is 0 Å². The summed E-state index contributed by atoms with van der Waals surface area (Å²) in [7, 11) is 0. The number of nitrogens with one attached hydrogen (secondary N) is 1. The fourth-order valence-corrected chi connectivity index (χ4v) is 3.18. The molecule has 1 aromatic heterocycles. The van der Waals surface area contributed by atoms with Crippen molar-refractivity contribution in [3.05, 3.63) is 58.3 Å². The Morgan fingerprint density at radius 3 is 2.60 bits per heavy atom. The van der Waals surface area contributed by atoms with Crippen LogP contribution in [-0.4, -0.2) is 53.4 Å². The largest absolute Gasteiger partial charge is 0.324 e. The van der Waals surface area contributed by atoms with E-state index in [9.17, 15) is 4.79 Å². The SMILES string of the molecule is O=C(CN1CCN(Cc2cccnc2)CC1)Nc1cc(Cl)ccc1Cl. The fourth-order valence-electron chi connectivity index (χ4n) is 2.84. The molecule has 1 aliphatic rings. The van der Waals surface area contributed by atoms with Gasteiger partial charge in [0.1, 0.15) is 0 Å². The first-order valence-corrected chi connectivity index (χ1v) is 8.94. The van der Waals surface area contributed by atoms with E-state index < -0.39 is 0 Å². The van der Waals surface area contributed by atoms with Gasteiger partial charge < -0.3 is 5.32 Å². The van der Waals surface area contributed by atoms with Crippen LogP contribution in [-0.2, 0) is 11.3 Å². The Morgan fingerprint density at radius 1 is 1.12 bits per heavy atom. The Kier molecular flexibility index (Phi) is 6.26. The van der Waals surface area contributed by atoms with Crippen LogP contribution in [0.25, 0.3) is 0 Å². The molecular weight excluding hydrogens is 359 g/mol. The van der Waals surface area contributed by atoms with Crippen molar-refractivity contribution in [2.45, 2.75) is 6.54 Å². The van der Waals surface area contributed by atoms with Crippen LogP contribution < -0.4 is 5.32 Å². The Hall–Kier alpha value is -1.66. The molecule has 25 heavy (non-hydrogen) atoms. The molecule has 1 fully saturated rings. The van der Waals surface area contributed by atoms with Gasteiger partial charge in [0, 0.05) is 50.1 Å². The van der Waals surface area contributed by atoms with E-state index in [4.69, 9.17) is 23.2 Å². The third-order valence-corrected chi connectivity index (χ3v) is 4.73. The van der Waals surface area contributed by atoms with Crippen LogP contribution in [0.2, 0.25) is 10.0 Å². The van der Waals surface area contributed by atoms with E-state index in [1.807, 2.05) is 12.3 Å². The molecule has 0 unspecified atom stereocenters. The van der Waals surface area contributed by atoms with Gasteiger partial charge in [-0.25, -0.2) is 0 Å². The van der Waals surface area contributed by atoms with Gasteiger partial charge in [-0.15, -0.1) is 0 Å². The van der Waals surface area contributed by atoms with Crippen molar-refractivity contribution in [3.63, 3.8) is 0 Å². The van der Waals surface area contributed by atoms with E-state index in [2.05, 4.69) is 26.2 Å². The minimum Gasteiger partial charge on any atom is -0.324 e. The molecule has 1 amide bonds. The highest BCUT2D eigenvalue weighted by atomic mass is 35.5. The van der Waals surface area contributed by atoms with Crippen molar-refractivity contribution >= 4 is 34.8 Å². The molecule has 2 heterocycles. The minimum absolute atomic E-state index is 0.0788. The number of pyridine rings is 1. The molecule has 2 aromatic rings. The Bertz CT molecular complexity index is 718. The average molecular weight is 379 g/mol. The average Bonchev–Trinajstić information content (AvgIpc) is 2.61. The second-order valence-corrected chi connectivity index (χ2v) is 6.93. The van der Waals surface area contributed by atoms with Crippen molar-refractivity contribution in [1.29, 1.82) is 0 Å². The molecular formula is C18H20Cl2N4O. The van der Waals surface area contributed by atoms with E-state index in [0.29, 0.717) is 22.3 Å². The quantitative estimate of drug-likeness (QED) is 0.867. The highest BCUT2D eigenvalue weighted by Crippen LogP contribution is 2.25. The van der Waals surface area contributed by atoms with E-state index in [-0.39, 0.29) is 5.91 Å². The molecule has 1 aliphatic heterocycles. The van der Waals surface area contributed by atoms with Gasteiger partial charge in [-0.3, -0.25) is 19.6 Å². The molecule has 1 N–H and O–H groups in total. The van der Waals surface area contributed by atoms with Gasteiger partial charge >= 0.3 is 0 Å². The smallest absolute Gasteiger partial charge is 0.238 e. The number of aromatic nitrogens is 1. The maximum atomic E-state index is 12.2. The third-order valence-electron chi connectivity index (χ3n) is 4.16. The number of benzene rings is 1. The predicted molar refractivity (Wildman–Crippen MR) is 101 cm³/mol. The third kappa shape index (κ3) is 5.41. The zero-order valence-electron chi connectivity index (χ0n) is 13.8. The van der Waals surface area contributed by atoms with Gasteiger partial charge in [0.2, 0.25) is 5.91 Å². The van der Waals surface area contributed by atoms with Crippen molar-refractivity contribution in [2.75, 3.05) is 38.0 Å². The highest BCUT2D eigenvalue weighted by Gasteiger charge is 2.19. The maximum absolute atomic E-state index is 12.2. The van der Waals surface area contributed by atoms with E-state index in [1.54, 1.807) is 24.4 Å². The zero-order chi connectivity index (χ0) is 17.6. The molecule has 0 spiro atoms. The summed E-state index contributed by atoms with van der Waals surface area (Å²) in [5.41, 5.74) is 1.76. The number of anilines is 1. The molecule has 0 radical (unpaired) electrons. The monoisotopic (exact) mass is 378 g/mol. The number of carbonyl (C=O) groups is 1. The Balaban J connectivity index is 1.45. The van der Waals surface area contributed by atoms with Crippen molar-refractivity contribution in [1.82, 2.24) is 14.8 Å². The van der Waals surface area contributed by atoms with E-state index >= 15 is 0 Å². The van der Waals surface area contributed by atoms with Gasteiger partial charge in [-0.1, -0.05) is 29.3 Å². The van der Waals surface area contributed by atoms with Gasteiger partial charge in [0.15, 0.2) is 0 Å². The minimum atomic E-state index is -0.0788. The van der Waals surface area contributed by atoms with Crippen LogP contribution in [0.1, 0.15) is 5.56 Å². The lowest BCUT2D eigenvalue weighted by Gasteiger charge is -2.34. The number of hydrogen-bond acceptors (Lipinski definition) is 4. The predicted octanol–water partition coefficient (Wildman–Crippen LogP) is 3.14. The number of hydrogen-bond donors (Lipinski definition) is 1. The number of amides is 1. The Labute approximate surface area is 157 Å². The first kappa shape index (κ1) is 18.1. The molecule has 0 saturated carbocycles. The Morgan fingerprint density at radius 2 is 1.88 bits per heavy atom. The molecule has 132 valence electrons. The van der Waals surface area contributed by atoms with Crippen LogP contribution in [0.5, 0.6) is 0 Å². The lowest BCUT2D eigenvalue weighted by atomic mass is 10.2. The number of piperazine rings is 1. The number of halogens is 2. The molecule has 1 saturated heterocycles. The van der Waals surface area contributed by atoms with Crippen LogP contribution in [0.15, 0.2) is 42.7 Å². The highest BCUT2D eigenvalue weighted by molar-refractivity contribution is 6.35. The van der Waals surface area contributed by atoms with E-state index in [1.165, 1.54) is 5.56 Å². The van der Waals surface area contributed by atoms with Crippen LogP contribution >= 0.6 is 23.2 Å². The summed E-state index contributed by atoms with van der Waals surface area (Å²) in [5.74, 6) is -0.0788. The summed E-state index contributed by atoms with van der Waals surface area (Å²) in [4.78, 5) is 20.9. The van der Waals surface area contributed by atoms with Gasteiger partial charge in [-0.2, -0.15) is 0 Å². The second kappa shape index (κ2) is 8.63. The van der Waals surface area contributed by atoms with Gasteiger partial charge in [-0.05, 0) is 29.8 Å². The number of nitrogens with zero attached hydrogens (tertiary/aromatic N) is 3. The topological polar surface area (TPSA) is 48.5 Å². The van der Waals surface area contributed by atoms with Crippen LogP contribution in [0, 0.1) is 0 Å². The van der Waals surface area contributed by atoms with Crippen LogP contribution in [0.4, 0.5) is 5.69 Å². The summed E-state index contributed by atoms with van der Waals surface area (Å²) in [6.07, 6.45) is 3.68. The molecule has 7 heteroatoms.